The highest BCUT2D eigenvalue weighted by Gasteiger charge is 2.07. The topological polar surface area (TPSA) is 55.1 Å². The Balaban J connectivity index is 2.75. The highest BCUT2D eigenvalue weighted by atomic mass is 32.2. The van der Waals surface area contributed by atoms with Crippen LogP contribution in [0.2, 0.25) is 0 Å². The minimum atomic E-state index is -0.0192. The zero-order chi connectivity index (χ0) is 13.5. The Kier molecular flexibility index (Phi) is 6.22. The number of nitrogens with two attached hydrogens (primary N) is 1. The molecule has 1 aromatic carbocycles. The first-order valence-corrected chi connectivity index (χ1v) is 7.29. The van der Waals surface area contributed by atoms with Gasteiger partial charge in [0.1, 0.15) is 0 Å². The molecule has 4 heteroatoms. The van der Waals surface area contributed by atoms with Gasteiger partial charge in [-0.1, -0.05) is 26.0 Å². The number of benzene rings is 1. The number of carbonyl (C=O) groups is 1. The second kappa shape index (κ2) is 7.44. The number of thioether (sulfide) groups is 1. The Morgan fingerprint density at radius 3 is 2.78 bits per heavy atom. The van der Waals surface area contributed by atoms with Crippen molar-refractivity contribution in [1.82, 2.24) is 0 Å². The van der Waals surface area contributed by atoms with E-state index in [1.54, 1.807) is 0 Å². The monoisotopic (exact) mass is 266 g/mol. The SMILES string of the molecule is Cc1c(CSC(C)C)cccc1NC(=O)CCN. The minimum Gasteiger partial charge on any atom is -0.330 e. The second-order valence-corrected chi connectivity index (χ2v) is 6.10. The van der Waals surface area contributed by atoms with E-state index in [0.717, 1.165) is 17.0 Å². The number of carbonyl (C=O) groups excluding carboxylic acids is 1. The van der Waals surface area contributed by atoms with Crippen LogP contribution in [0.3, 0.4) is 0 Å². The summed E-state index contributed by atoms with van der Waals surface area (Å²) in [6, 6.07) is 6.04. The summed E-state index contributed by atoms with van der Waals surface area (Å²) in [7, 11) is 0. The fourth-order valence-electron chi connectivity index (χ4n) is 1.58. The van der Waals surface area contributed by atoms with E-state index in [1.165, 1.54) is 5.56 Å². The molecule has 0 atom stereocenters. The van der Waals surface area contributed by atoms with Crippen LogP contribution in [-0.4, -0.2) is 17.7 Å². The van der Waals surface area contributed by atoms with E-state index in [2.05, 4.69) is 25.2 Å². The van der Waals surface area contributed by atoms with Gasteiger partial charge in [-0.3, -0.25) is 4.79 Å². The van der Waals surface area contributed by atoms with Gasteiger partial charge in [-0.05, 0) is 29.4 Å². The Morgan fingerprint density at radius 2 is 2.17 bits per heavy atom. The molecular formula is C14H22N2OS. The summed E-state index contributed by atoms with van der Waals surface area (Å²) in [5, 5.41) is 3.52. The molecule has 0 unspecified atom stereocenters. The lowest BCUT2D eigenvalue weighted by Crippen LogP contribution is -2.17. The Morgan fingerprint density at radius 1 is 1.44 bits per heavy atom. The molecule has 0 aliphatic carbocycles. The number of nitrogens with one attached hydrogen (secondary N) is 1. The van der Waals surface area contributed by atoms with Crippen molar-refractivity contribution >= 4 is 23.4 Å². The number of anilines is 1. The van der Waals surface area contributed by atoms with Crippen molar-refractivity contribution < 1.29 is 4.79 Å². The summed E-state index contributed by atoms with van der Waals surface area (Å²) in [6.07, 6.45) is 0.365. The van der Waals surface area contributed by atoms with E-state index in [9.17, 15) is 4.79 Å². The van der Waals surface area contributed by atoms with Crippen molar-refractivity contribution in [3.05, 3.63) is 29.3 Å². The lowest BCUT2D eigenvalue weighted by molar-refractivity contribution is -0.116. The van der Waals surface area contributed by atoms with Crippen molar-refractivity contribution in [2.45, 2.75) is 38.2 Å². The molecule has 0 bridgehead atoms. The Hall–Kier alpha value is -1.00. The molecule has 18 heavy (non-hydrogen) atoms. The van der Waals surface area contributed by atoms with E-state index < -0.39 is 0 Å². The maximum absolute atomic E-state index is 11.5. The third-order valence-corrected chi connectivity index (χ3v) is 3.81. The minimum absolute atomic E-state index is 0.0192. The zero-order valence-corrected chi connectivity index (χ0v) is 12.1. The number of hydrogen-bond acceptors (Lipinski definition) is 3. The van der Waals surface area contributed by atoms with Crippen LogP contribution in [-0.2, 0) is 10.5 Å². The highest BCUT2D eigenvalue weighted by Crippen LogP contribution is 2.24. The number of rotatable bonds is 6. The first-order chi connectivity index (χ1) is 8.54. The quantitative estimate of drug-likeness (QED) is 0.832. The molecule has 0 spiro atoms. The average molecular weight is 266 g/mol. The summed E-state index contributed by atoms with van der Waals surface area (Å²) in [5.41, 5.74) is 8.69. The van der Waals surface area contributed by atoms with E-state index in [4.69, 9.17) is 5.73 Å². The van der Waals surface area contributed by atoms with Crippen LogP contribution < -0.4 is 11.1 Å². The van der Waals surface area contributed by atoms with Crippen LogP contribution in [0.25, 0.3) is 0 Å². The van der Waals surface area contributed by atoms with Crippen LogP contribution >= 0.6 is 11.8 Å². The van der Waals surface area contributed by atoms with Crippen LogP contribution in [0.15, 0.2) is 18.2 Å². The molecule has 0 heterocycles. The first kappa shape index (κ1) is 15.1. The molecular weight excluding hydrogens is 244 g/mol. The van der Waals surface area contributed by atoms with Crippen LogP contribution in [0, 0.1) is 6.92 Å². The van der Waals surface area contributed by atoms with Gasteiger partial charge in [-0.2, -0.15) is 11.8 Å². The molecule has 0 saturated carbocycles. The average Bonchev–Trinajstić information content (AvgIpc) is 2.30. The molecule has 0 aliphatic rings. The molecule has 1 rings (SSSR count). The van der Waals surface area contributed by atoms with E-state index in [1.807, 2.05) is 30.8 Å². The van der Waals surface area contributed by atoms with Crippen molar-refractivity contribution in [3.8, 4) is 0 Å². The van der Waals surface area contributed by atoms with Crippen molar-refractivity contribution in [2.75, 3.05) is 11.9 Å². The van der Waals surface area contributed by atoms with Gasteiger partial charge in [0.2, 0.25) is 5.91 Å². The van der Waals surface area contributed by atoms with Crippen molar-refractivity contribution in [1.29, 1.82) is 0 Å². The fourth-order valence-corrected chi connectivity index (χ4v) is 2.40. The Bertz CT molecular complexity index is 405. The van der Waals surface area contributed by atoms with Gasteiger partial charge in [0.25, 0.3) is 0 Å². The van der Waals surface area contributed by atoms with E-state index in [-0.39, 0.29) is 5.91 Å². The third-order valence-electron chi connectivity index (χ3n) is 2.66. The second-order valence-electron chi connectivity index (χ2n) is 4.54. The molecule has 0 radical (unpaired) electrons. The third kappa shape index (κ3) is 4.70. The van der Waals surface area contributed by atoms with Crippen LogP contribution in [0.5, 0.6) is 0 Å². The molecule has 0 aromatic heterocycles. The molecule has 1 amide bonds. The van der Waals surface area contributed by atoms with E-state index >= 15 is 0 Å². The maximum Gasteiger partial charge on any atom is 0.225 e. The van der Waals surface area contributed by atoms with Gasteiger partial charge in [0, 0.05) is 24.4 Å². The van der Waals surface area contributed by atoms with Gasteiger partial charge in [-0.25, -0.2) is 0 Å². The first-order valence-electron chi connectivity index (χ1n) is 6.24. The summed E-state index contributed by atoms with van der Waals surface area (Å²) < 4.78 is 0. The Labute approximate surface area is 114 Å². The van der Waals surface area contributed by atoms with Crippen LogP contribution in [0.1, 0.15) is 31.4 Å². The molecule has 1 aromatic rings. The van der Waals surface area contributed by atoms with Gasteiger partial charge in [0.15, 0.2) is 0 Å². The number of hydrogen-bond donors (Lipinski definition) is 2. The molecule has 0 saturated heterocycles. The molecule has 3 nitrogen and oxygen atoms in total. The molecule has 100 valence electrons. The summed E-state index contributed by atoms with van der Waals surface area (Å²) in [5.74, 6) is 0.957. The lowest BCUT2D eigenvalue weighted by Gasteiger charge is -2.13. The largest absolute Gasteiger partial charge is 0.330 e. The molecule has 3 N–H and O–H groups in total. The summed E-state index contributed by atoms with van der Waals surface area (Å²) >= 11 is 1.90. The van der Waals surface area contributed by atoms with Gasteiger partial charge >= 0.3 is 0 Å². The summed E-state index contributed by atoms with van der Waals surface area (Å²) in [4.78, 5) is 11.5. The summed E-state index contributed by atoms with van der Waals surface area (Å²) in [6.45, 7) is 6.81. The van der Waals surface area contributed by atoms with E-state index in [0.29, 0.717) is 18.2 Å². The number of amides is 1. The predicted molar refractivity (Wildman–Crippen MR) is 79.9 cm³/mol. The fraction of sp³-hybridized carbons (Fsp3) is 0.500. The standard InChI is InChI=1S/C14H22N2OS/c1-10(2)18-9-12-5-4-6-13(11(12)3)16-14(17)7-8-15/h4-6,10H,7-9,15H2,1-3H3,(H,16,17). The smallest absolute Gasteiger partial charge is 0.225 e. The predicted octanol–water partition coefficient (Wildman–Crippen LogP) is 2.92. The lowest BCUT2D eigenvalue weighted by atomic mass is 10.1. The molecule has 0 aliphatic heterocycles. The van der Waals surface area contributed by atoms with Gasteiger partial charge < -0.3 is 11.1 Å². The van der Waals surface area contributed by atoms with Gasteiger partial charge in [0.05, 0.1) is 0 Å². The van der Waals surface area contributed by atoms with Crippen LogP contribution in [0.4, 0.5) is 5.69 Å². The normalized spacial score (nSPS) is 10.7. The van der Waals surface area contributed by atoms with Crippen molar-refractivity contribution in [3.63, 3.8) is 0 Å². The van der Waals surface area contributed by atoms with Gasteiger partial charge in [-0.15, -0.1) is 0 Å². The zero-order valence-electron chi connectivity index (χ0n) is 11.3. The highest BCUT2D eigenvalue weighted by molar-refractivity contribution is 7.99. The maximum atomic E-state index is 11.5. The molecule has 0 fully saturated rings. The van der Waals surface area contributed by atoms with Crippen molar-refractivity contribution in [2.24, 2.45) is 5.73 Å².